The van der Waals surface area contributed by atoms with E-state index in [1.165, 1.54) is 6.26 Å². The highest BCUT2D eigenvalue weighted by Crippen LogP contribution is 1.82. The van der Waals surface area contributed by atoms with E-state index in [0.717, 1.165) is 0 Å². The lowest BCUT2D eigenvalue weighted by atomic mass is 10.7. The van der Waals surface area contributed by atoms with Gasteiger partial charge in [-0.3, -0.25) is 0 Å². The molecule has 0 saturated carbocycles. The van der Waals surface area contributed by atoms with Gasteiger partial charge in [0.05, 0.1) is 19.0 Å². The number of ether oxygens (including phenoxy) is 1. The first-order valence-electron chi connectivity index (χ1n) is 3.02. The van der Waals surface area contributed by atoms with Crippen LogP contribution in [0.25, 0.3) is 0 Å². The van der Waals surface area contributed by atoms with Crippen LogP contribution in [0.3, 0.4) is 0 Å². The van der Waals surface area contributed by atoms with Crippen LogP contribution < -0.4 is 5.73 Å². The monoisotopic (exact) mass is 167 g/mol. The fourth-order valence-electron chi connectivity index (χ4n) is 0.396. The van der Waals surface area contributed by atoms with Crippen molar-refractivity contribution in [3.8, 4) is 0 Å². The van der Waals surface area contributed by atoms with E-state index in [-0.39, 0.29) is 12.4 Å². The number of sulfone groups is 1. The molecule has 0 atom stereocenters. The number of rotatable bonds is 5. The smallest absolute Gasteiger partial charge is 0.149 e. The minimum absolute atomic E-state index is 0.0764. The van der Waals surface area contributed by atoms with Gasteiger partial charge in [0.25, 0.3) is 0 Å². The SMILES string of the molecule is CS(=O)(=O)CCOCCN. The average Bonchev–Trinajstić information content (AvgIpc) is 1.78. The van der Waals surface area contributed by atoms with E-state index in [2.05, 4.69) is 0 Å². The highest BCUT2D eigenvalue weighted by atomic mass is 32.2. The van der Waals surface area contributed by atoms with Gasteiger partial charge in [0.15, 0.2) is 0 Å². The van der Waals surface area contributed by atoms with Crippen LogP contribution in [0.1, 0.15) is 0 Å². The molecule has 5 heteroatoms. The van der Waals surface area contributed by atoms with E-state index in [1.54, 1.807) is 0 Å². The van der Waals surface area contributed by atoms with Gasteiger partial charge in [0, 0.05) is 12.8 Å². The highest BCUT2D eigenvalue weighted by molar-refractivity contribution is 7.90. The van der Waals surface area contributed by atoms with Crippen LogP contribution in [0.2, 0.25) is 0 Å². The van der Waals surface area contributed by atoms with Crippen molar-refractivity contribution in [2.45, 2.75) is 0 Å². The summed E-state index contributed by atoms with van der Waals surface area (Å²) in [6.45, 7) is 1.11. The van der Waals surface area contributed by atoms with Crippen LogP contribution in [-0.2, 0) is 14.6 Å². The van der Waals surface area contributed by atoms with Gasteiger partial charge in [-0.05, 0) is 0 Å². The largest absolute Gasteiger partial charge is 0.379 e. The van der Waals surface area contributed by atoms with Gasteiger partial charge in [-0.1, -0.05) is 0 Å². The summed E-state index contributed by atoms with van der Waals surface area (Å²) in [4.78, 5) is 0. The molecule has 0 bridgehead atoms. The van der Waals surface area contributed by atoms with Crippen LogP contribution in [-0.4, -0.2) is 40.2 Å². The quantitative estimate of drug-likeness (QED) is 0.534. The molecule has 0 fully saturated rings. The second kappa shape index (κ2) is 4.65. The van der Waals surface area contributed by atoms with Crippen molar-refractivity contribution in [3.05, 3.63) is 0 Å². The molecule has 0 aliphatic heterocycles. The predicted molar refractivity (Wildman–Crippen MR) is 39.6 cm³/mol. The summed E-state index contributed by atoms with van der Waals surface area (Å²) < 4.78 is 25.8. The number of nitrogens with two attached hydrogens (primary N) is 1. The van der Waals surface area contributed by atoms with Gasteiger partial charge < -0.3 is 10.5 Å². The van der Waals surface area contributed by atoms with Crippen LogP contribution in [0.5, 0.6) is 0 Å². The Morgan fingerprint density at radius 2 is 2.00 bits per heavy atom. The minimum Gasteiger partial charge on any atom is -0.379 e. The van der Waals surface area contributed by atoms with Crippen molar-refractivity contribution in [2.75, 3.05) is 31.8 Å². The number of hydrogen-bond donors (Lipinski definition) is 1. The molecule has 4 nitrogen and oxygen atoms in total. The molecule has 0 aromatic rings. The zero-order valence-corrected chi connectivity index (χ0v) is 6.86. The van der Waals surface area contributed by atoms with Gasteiger partial charge in [0.1, 0.15) is 9.84 Å². The third-order valence-corrected chi connectivity index (χ3v) is 1.77. The highest BCUT2D eigenvalue weighted by Gasteiger charge is 1.99. The Bertz CT molecular complexity index is 164. The fraction of sp³-hybridized carbons (Fsp3) is 1.00. The molecule has 2 N–H and O–H groups in total. The van der Waals surface area contributed by atoms with E-state index in [4.69, 9.17) is 10.5 Å². The summed E-state index contributed by atoms with van der Waals surface area (Å²) in [5.74, 6) is 0.0764. The standard InChI is InChI=1S/C5H13NO3S/c1-10(7,8)5-4-9-3-2-6/h2-6H2,1H3. The molecule has 0 saturated heterocycles. The average molecular weight is 167 g/mol. The summed E-state index contributed by atoms with van der Waals surface area (Å²) in [5, 5.41) is 0. The van der Waals surface area contributed by atoms with Crippen molar-refractivity contribution >= 4 is 9.84 Å². The molecule has 0 spiro atoms. The second-order valence-corrected chi connectivity index (χ2v) is 4.29. The van der Waals surface area contributed by atoms with Crippen molar-refractivity contribution in [1.29, 1.82) is 0 Å². The summed E-state index contributed by atoms with van der Waals surface area (Å²) >= 11 is 0. The van der Waals surface area contributed by atoms with Crippen LogP contribution in [0.4, 0.5) is 0 Å². The van der Waals surface area contributed by atoms with Gasteiger partial charge in [-0.2, -0.15) is 0 Å². The lowest BCUT2D eigenvalue weighted by Crippen LogP contribution is -2.14. The third kappa shape index (κ3) is 7.87. The minimum atomic E-state index is -2.87. The zero-order chi connectivity index (χ0) is 8.04. The molecule has 0 aliphatic carbocycles. The Morgan fingerprint density at radius 3 is 2.40 bits per heavy atom. The van der Waals surface area contributed by atoms with Crippen LogP contribution >= 0.6 is 0 Å². The molecule has 0 amide bonds. The Kier molecular flexibility index (Phi) is 4.59. The molecule has 0 radical (unpaired) electrons. The van der Waals surface area contributed by atoms with Gasteiger partial charge in [0.2, 0.25) is 0 Å². The topological polar surface area (TPSA) is 69.4 Å². The Hall–Kier alpha value is -0.130. The van der Waals surface area contributed by atoms with Crippen molar-refractivity contribution in [2.24, 2.45) is 5.73 Å². The molecule has 62 valence electrons. The summed E-state index contributed by atoms with van der Waals surface area (Å²) in [6.07, 6.45) is 1.18. The second-order valence-electron chi connectivity index (χ2n) is 2.03. The van der Waals surface area contributed by atoms with Crippen LogP contribution in [0, 0.1) is 0 Å². The first kappa shape index (κ1) is 9.87. The summed E-state index contributed by atoms with van der Waals surface area (Å²) in [6, 6.07) is 0. The van der Waals surface area contributed by atoms with Gasteiger partial charge >= 0.3 is 0 Å². The maximum Gasteiger partial charge on any atom is 0.149 e. The fourth-order valence-corrected chi connectivity index (χ4v) is 0.816. The maximum absolute atomic E-state index is 10.5. The molecule has 0 heterocycles. The lowest BCUT2D eigenvalue weighted by molar-refractivity contribution is 0.157. The van der Waals surface area contributed by atoms with Crippen molar-refractivity contribution in [1.82, 2.24) is 0 Å². The van der Waals surface area contributed by atoms with Gasteiger partial charge in [-0.25, -0.2) is 8.42 Å². The molecule has 0 unspecified atom stereocenters. The molecule has 10 heavy (non-hydrogen) atoms. The first-order chi connectivity index (χ1) is 4.56. The third-order valence-electron chi connectivity index (χ3n) is 0.861. The molecular formula is C5H13NO3S. The molecule has 0 aliphatic rings. The van der Waals surface area contributed by atoms with Crippen LogP contribution in [0.15, 0.2) is 0 Å². The van der Waals surface area contributed by atoms with Crippen molar-refractivity contribution < 1.29 is 13.2 Å². The van der Waals surface area contributed by atoms with E-state index in [9.17, 15) is 8.42 Å². The van der Waals surface area contributed by atoms with E-state index < -0.39 is 9.84 Å². The lowest BCUT2D eigenvalue weighted by Gasteiger charge is -1.99. The normalized spacial score (nSPS) is 11.8. The predicted octanol–water partition coefficient (Wildman–Crippen LogP) is -0.994. The van der Waals surface area contributed by atoms with Crippen molar-refractivity contribution in [3.63, 3.8) is 0 Å². The molecule has 0 aromatic heterocycles. The zero-order valence-electron chi connectivity index (χ0n) is 6.04. The Labute approximate surface area is 61.3 Å². The van der Waals surface area contributed by atoms with E-state index in [0.29, 0.717) is 13.2 Å². The molecule has 0 rings (SSSR count). The Morgan fingerprint density at radius 1 is 1.40 bits per heavy atom. The molecule has 0 aromatic carbocycles. The maximum atomic E-state index is 10.5. The summed E-state index contributed by atoms with van der Waals surface area (Å²) in [7, 11) is -2.87. The first-order valence-corrected chi connectivity index (χ1v) is 5.08. The van der Waals surface area contributed by atoms with E-state index in [1.807, 2.05) is 0 Å². The Balaban J connectivity index is 3.21. The summed E-state index contributed by atoms with van der Waals surface area (Å²) in [5.41, 5.74) is 5.10. The van der Waals surface area contributed by atoms with Gasteiger partial charge in [-0.15, -0.1) is 0 Å². The number of hydrogen-bond acceptors (Lipinski definition) is 4. The molecular weight excluding hydrogens is 154 g/mol. The van der Waals surface area contributed by atoms with E-state index >= 15 is 0 Å².